The van der Waals surface area contributed by atoms with E-state index in [4.69, 9.17) is 16.7 Å². The fraction of sp³-hybridized carbons (Fsp3) is 0. The molecule has 16 heavy (non-hydrogen) atoms. The first-order chi connectivity index (χ1) is 7.58. The van der Waals surface area contributed by atoms with Crippen molar-refractivity contribution in [3.05, 3.63) is 32.8 Å². The smallest absolute Gasteiger partial charge is 0.356 e. The van der Waals surface area contributed by atoms with E-state index < -0.39 is 5.97 Å². The molecule has 0 bridgehead atoms. The molecule has 1 N–H and O–H groups in total. The van der Waals surface area contributed by atoms with Gasteiger partial charge in [-0.25, -0.2) is 14.8 Å². The minimum absolute atomic E-state index is 0.0341. The van der Waals surface area contributed by atoms with Crippen LogP contribution in [0.25, 0.3) is 10.7 Å². The second kappa shape index (κ2) is 4.48. The summed E-state index contributed by atoms with van der Waals surface area (Å²) in [7, 11) is 0. The maximum Gasteiger partial charge on any atom is 0.356 e. The van der Waals surface area contributed by atoms with Gasteiger partial charge in [-0.3, -0.25) is 0 Å². The average molecular weight is 320 g/mol. The summed E-state index contributed by atoms with van der Waals surface area (Å²) in [6.07, 6.45) is 1.29. The van der Waals surface area contributed by atoms with Gasteiger partial charge in [-0.1, -0.05) is 11.6 Å². The SMILES string of the molecule is O=C(O)c1nc(-c2ccc(Br)s2)ncc1Cl. The Kier molecular flexibility index (Phi) is 3.22. The van der Waals surface area contributed by atoms with Crippen LogP contribution in [0.15, 0.2) is 22.1 Å². The van der Waals surface area contributed by atoms with E-state index in [2.05, 4.69) is 25.9 Å². The average Bonchev–Trinajstić information content (AvgIpc) is 2.65. The third-order valence-electron chi connectivity index (χ3n) is 1.74. The van der Waals surface area contributed by atoms with Gasteiger partial charge in [0.05, 0.1) is 19.9 Å². The number of carboxylic acids is 1. The Morgan fingerprint density at radius 2 is 2.25 bits per heavy atom. The van der Waals surface area contributed by atoms with Crippen LogP contribution in [-0.4, -0.2) is 21.0 Å². The van der Waals surface area contributed by atoms with Crippen molar-refractivity contribution in [3.8, 4) is 10.7 Å². The van der Waals surface area contributed by atoms with E-state index >= 15 is 0 Å². The first-order valence-electron chi connectivity index (χ1n) is 4.09. The van der Waals surface area contributed by atoms with Crippen molar-refractivity contribution in [3.63, 3.8) is 0 Å². The standard InChI is InChI=1S/C9H4BrClN2O2S/c10-6-2-1-5(16-6)8-12-3-4(11)7(13-8)9(14)15/h1-3H,(H,14,15). The molecule has 0 amide bonds. The Labute approximate surface area is 108 Å². The summed E-state index contributed by atoms with van der Waals surface area (Å²) in [5.74, 6) is -0.804. The maximum atomic E-state index is 10.8. The second-order valence-corrected chi connectivity index (χ2v) is 5.67. The zero-order chi connectivity index (χ0) is 11.7. The zero-order valence-electron chi connectivity index (χ0n) is 7.65. The highest BCUT2D eigenvalue weighted by atomic mass is 79.9. The van der Waals surface area contributed by atoms with E-state index in [1.54, 1.807) is 0 Å². The molecule has 0 unspecified atom stereocenters. The van der Waals surface area contributed by atoms with Crippen LogP contribution in [0, 0.1) is 0 Å². The van der Waals surface area contributed by atoms with Crippen LogP contribution in [0.1, 0.15) is 10.5 Å². The molecular weight excluding hydrogens is 316 g/mol. The third-order valence-corrected chi connectivity index (χ3v) is 3.64. The molecule has 0 fully saturated rings. The van der Waals surface area contributed by atoms with Gasteiger partial charge in [0.1, 0.15) is 0 Å². The number of halogens is 2. The highest BCUT2D eigenvalue weighted by Crippen LogP contribution is 2.29. The van der Waals surface area contributed by atoms with Crippen LogP contribution in [0.5, 0.6) is 0 Å². The highest BCUT2D eigenvalue weighted by molar-refractivity contribution is 9.11. The molecular formula is C9H4BrClN2O2S. The Balaban J connectivity index is 2.51. The first kappa shape index (κ1) is 11.5. The monoisotopic (exact) mass is 318 g/mol. The van der Waals surface area contributed by atoms with Gasteiger partial charge >= 0.3 is 5.97 Å². The zero-order valence-corrected chi connectivity index (χ0v) is 10.8. The molecule has 0 atom stereocenters. The van der Waals surface area contributed by atoms with Gasteiger partial charge in [-0.2, -0.15) is 0 Å². The van der Waals surface area contributed by atoms with Crippen molar-refractivity contribution in [1.82, 2.24) is 9.97 Å². The summed E-state index contributed by atoms with van der Waals surface area (Å²) in [4.78, 5) is 19.5. The normalized spacial score (nSPS) is 10.4. The third kappa shape index (κ3) is 2.23. The van der Waals surface area contributed by atoms with Crippen LogP contribution < -0.4 is 0 Å². The molecule has 82 valence electrons. The van der Waals surface area contributed by atoms with Crippen molar-refractivity contribution < 1.29 is 9.90 Å². The second-order valence-electron chi connectivity index (χ2n) is 2.80. The van der Waals surface area contributed by atoms with Crippen molar-refractivity contribution in [2.75, 3.05) is 0 Å². The maximum absolute atomic E-state index is 10.8. The Morgan fingerprint density at radius 3 is 2.81 bits per heavy atom. The quantitative estimate of drug-likeness (QED) is 0.922. The van der Waals surface area contributed by atoms with E-state index in [9.17, 15) is 4.79 Å². The molecule has 0 aliphatic carbocycles. The molecule has 0 aliphatic heterocycles. The summed E-state index contributed by atoms with van der Waals surface area (Å²) >= 11 is 10.4. The van der Waals surface area contributed by atoms with Gasteiger partial charge in [0.2, 0.25) is 0 Å². The van der Waals surface area contributed by atoms with Gasteiger partial charge in [-0.05, 0) is 28.1 Å². The summed E-state index contributed by atoms with van der Waals surface area (Å²) in [5.41, 5.74) is -0.184. The molecule has 2 aromatic rings. The first-order valence-corrected chi connectivity index (χ1v) is 6.08. The van der Waals surface area contributed by atoms with Crippen molar-refractivity contribution >= 4 is 44.8 Å². The van der Waals surface area contributed by atoms with Crippen LogP contribution in [0.4, 0.5) is 0 Å². The van der Waals surface area contributed by atoms with Gasteiger partial charge in [-0.15, -0.1) is 11.3 Å². The van der Waals surface area contributed by atoms with Crippen molar-refractivity contribution in [1.29, 1.82) is 0 Å². The Bertz CT molecular complexity index is 558. The molecule has 0 spiro atoms. The number of rotatable bonds is 2. The number of thiophene rings is 1. The molecule has 4 nitrogen and oxygen atoms in total. The molecule has 7 heteroatoms. The molecule has 0 saturated carbocycles. The van der Waals surface area contributed by atoms with Gasteiger partial charge in [0.15, 0.2) is 11.5 Å². The van der Waals surface area contributed by atoms with E-state index in [1.807, 2.05) is 12.1 Å². The van der Waals surface area contributed by atoms with Crippen molar-refractivity contribution in [2.45, 2.75) is 0 Å². The molecule has 2 heterocycles. The summed E-state index contributed by atoms with van der Waals surface area (Å²) < 4.78 is 0.929. The lowest BCUT2D eigenvalue weighted by Gasteiger charge is -1.99. The minimum Gasteiger partial charge on any atom is -0.476 e. The number of hydrogen-bond acceptors (Lipinski definition) is 4. The number of aromatic carboxylic acids is 1. The van der Waals surface area contributed by atoms with Gasteiger partial charge < -0.3 is 5.11 Å². The number of nitrogens with zero attached hydrogens (tertiary/aromatic N) is 2. The van der Waals surface area contributed by atoms with Gasteiger partial charge in [0.25, 0.3) is 0 Å². The molecule has 0 aliphatic rings. The molecule has 0 aromatic carbocycles. The van der Waals surface area contributed by atoms with E-state index in [-0.39, 0.29) is 10.7 Å². The lowest BCUT2D eigenvalue weighted by molar-refractivity contribution is 0.0690. The fourth-order valence-corrected chi connectivity index (χ4v) is 2.57. The fourth-order valence-electron chi connectivity index (χ4n) is 1.07. The number of carbonyl (C=O) groups is 1. The Morgan fingerprint density at radius 1 is 1.50 bits per heavy atom. The topological polar surface area (TPSA) is 63.1 Å². The van der Waals surface area contributed by atoms with Crippen LogP contribution in [0.2, 0.25) is 5.02 Å². The molecule has 0 saturated heterocycles. The highest BCUT2D eigenvalue weighted by Gasteiger charge is 2.14. The predicted molar refractivity (Wildman–Crippen MR) is 65.0 cm³/mol. The van der Waals surface area contributed by atoms with E-state index in [0.717, 1.165) is 8.66 Å². The largest absolute Gasteiger partial charge is 0.476 e. The summed E-state index contributed by atoms with van der Waals surface area (Å²) in [6, 6.07) is 3.65. The number of aromatic nitrogens is 2. The van der Waals surface area contributed by atoms with E-state index in [0.29, 0.717) is 5.82 Å². The van der Waals surface area contributed by atoms with Crippen LogP contribution in [-0.2, 0) is 0 Å². The number of carboxylic acid groups (broad SMARTS) is 1. The lowest BCUT2D eigenvalue weighted by Crippen LogP contribution is -2.03. The molecule has 2 aromatic heterocycles. The van der Waals surface area contributed by atoms with Gasteiger partial charge in [0, 0.05) is 0 Å². The summed E-state index contributed by atoms with van der Waals surface area (Å²) in [5, 5.41) is 8.90. The molecule has 0 radical (unpaired) electrons. The number of hydrogen-bond donors (Lipinski definition) is 1. The summed E-state index contributed by atoms with van der Waals surface area (Å²) in [6.45, 7) is 0. The van der Waals surface area contributed by atoms with E-state index in [1.165, 1.54) is 17.5 Å². The minimum atomic E-state index is -1.16. The lowest BCUT2D eigenvalue weighted by atomic mass is 10.3. The van der Waals surface area contributed by atoms with Crippen LogP contribution >= 0.6 is 38.9 Å². The van der Waals surface area contributed by atoms with Crippen LogP contribution in [0.3, 0.4) is 0 Å². The van der Waals surface area contributed by atoms with Crippen molar-refractivity contribution in [2.24, 2.45) is 0 Å². The molecule has 2 rings (SSSR count). The predicted octanol–water partition coefficient (Wildman–Crippen LogP) is 3.32. The Hall–Kier alpha value is -0.980.